The van der Waals surface area contributed by atoms with Crippen LogP contribution in [0.15, 0.2) is 35.1 Å². The standard InChI is InChI=1S/C12H11BrClN3/c1-8-5-10(7-16-12(8)14)15-6-9-3-2-4-11(13)17-9/h2-5,7,15H,6H2,1H3. The minimum Gasteiger partial charge on any atom is -0.378 e. The van der Waals surface area contributed by atoms with E-state index in [0.717, 1.165) is 21.5 Å². The molecule has 2 heterocycles. The van der Waals surface area contributed by atoms with E-state index in [0.29, 0.717) is 11.7 Å². The summed E-state index contributed by atoms with van der Waals surface area (Å²) in [6, 6.07) is 7.79. The Balaban J connectivity index is 2.05. The Labute approximate surface area is 113 Å². The van der Waals surface area contributed by atoms with Crippen molar-refractivity contribution in [2.45, 2.75) is 13.5 Å². The summed E-state index contributed by atoms with van der Waals surface area (Å²) in [5.74, 6) is 0. The number of pyridine rings is 2. The highest BCUT2D eigenvalue weighted by molar-refractivity contribution is 9.10. The van der Waals surface area contributed by atoms with Crippen molar-refractivity contribution in [3.05, 3.63) is 51.5 Å². The summed E-state index contributed by atoms with van der Waals surface area (Å²) in [4.78, 5) is 8.42. The fourth-order valence-electron chi connectivity index (χ4n) is 1.40. The molecule has 0 aliphatic carbocycles. The lowest BCUT2D eigenvalue weighted by Gasteiger charge is -2.07. The van der Waals surface area contributed by atoms with Crippen molar-refractivity contribution >= 4 is 33.2 Å². The molecule has 0 fully saturated rings. The molecule has 0 unspecified atom stereocenters. The van der Waals surface area contributed by atoms with Crippen LogP contribution in [0, 0.1) is 6.92 Å². The highest BCUT2D eigenvalue weighted by Crippen LogP contribution is 2.16. The number of halogens is 2. The van der Waals surface area contributed by atoms with Crippen LogP contribution in [-0.2, 0) is 6.54 Å². The van der Waals surface area contributed by atoms with E-state index in [1.54, 1.807) is 6.20 Å². The smallest absolute Gasteiger partial charge is 0.132 e. The Morgan fingerprint density at radius 1 is 1.41 bits per heavy atom. The second-order valence-corrected chi connectivity index (χ2v) is 4.81. The minimum atomic E-state index is 0.538. The molecule has 88 valence electrons. The van der Waals surface area contributed by atoms with E-state index in [1.165, 1.54) is 0 Å². The molecule has 0 aliphatic heterocycles. The first-order valence-electron chi connectivity index (χ1n) is 5.12. The van der Waals surface area contributed by atoms with Crippen LogP contribution < -0.4 is 5.32 Å². The van der Waals surface area contributed by atoms with Crippen molar-refractivity contribution in [1.82, 2.24) is 9.97 Å². The number of rotatable bonds is 3. The summed E-state index contributed by atoms with van der Waals surface area (Å²) < 4.78 is 0.835. The molecule has 2 aromatic heterocycles. The average molecular weight is 313 g/mol. The summed E-state index contributed by atoms with van der Waals surface area (Å²) >= 11 is 9.20. The van der Waals surface area contributed by atoms with Gasteiger partial charge in [0.15, 0.2) is 0 Å². The highest BCUT2D eigenvalue weighted by Gasteiger charge is 2.00. The quantitative estimate of drug-likeness (QED) is 0.876. The summed E-state index contributed by atoms with van der Waals surface area (Å²) in [6.07, 6.45) is 1.72. The largest absolute Gasteiger partial charge is 0.378 e. The molecule has 17 heavy (non-hydrogen) atoms. The lowest BCUT2D eigenvalue weighted by molar-refractivity contribution is 1.03. The first kappa shape index (κ1) is 12.3. The first-order valence-corrected chi connectivity index (χ1v) is 6.30. The normalized spacial score (nSPS) is 10.3. The fourth-order valence-corrected chi connectivity index (χ4v) is 1.88. The third-order valence-corrected chi connectivity index (χ3v) is 3.10. The number of hydrogen-bond acceptors (Lipinski definition) is 3. The maximum atomic E-state index is 5.86. The lowest BCUT2D eigenvalue weighted by atomic mass is 10.3. The molecule has 0 aliphatic rings. The molecule has 1 N–H and O–H groups in total. The number of nitrogens with zero attached hydrogens (tertiary/aromatic N) is 2. The van der Waals surface area contributed by atoms with E-state index in [9.17, 15) is 0 Å². The average Bonchev–Trinajstić information content (AvgIpc) is 2.31. The van der Waals surface area contributed by atoms with E-state index in [2.05, 4.69) is 31.2 Å². The Kier molecular flexibility index (Phi) is 3.97. The molecule has 0 aromatic carbocycles. The molecule has 2 aromatic rings. The zero-order valence-electron chi connectivity index (χ0n) is 9.24. The number of aryl methyl sites for hydroxylation is 1. The molecule has 0 saturated heterocycles. The Hall–Kier alpha value is -1.13. The van der Waals surface area contributed by atoms with Crippen molar-refractivity contribution in [1.29, 1.82) is 0 Å². The number of aromatic nitrogens is 2. The maximum Gasteiger partial charge on any atom is 0.132 e. The van der Waals surface area contributed by atoms with Crippen molar-refractivity contribution in [2.75, 3.05) is 5.32 Å². The van der Waals surface area contributed by atoms with Crippen LogP contribution in [0.5, 0.6) is 0 Å². The molecule has 2 rings (SSSR count). The van der Waals surface area contributed by atoms with Gasteiger partial charge >= 0.3 is 0 Å². The van der Waals surface area contributed by atoms with Crippen LogP contribution in [0.4, 0.5) is 5.69 Å². The SMILES string of the molecule is Cc1cc(NCc2cccc(Br)n2)cnc1Cl. The van der Waals surface area contributed by atoms with Gasteiger partial charge in [0.25, 0.3) is 0 Å². The lowest BCUT2D eigenvalue weighted by Crippen LogP contribution is -2.02. The third kappa shape index (κ3) is 3.41. The topological polar surface area (TPSA) is 37.8 Å². The van der Waals surface area contributed by atoms with Gasteiger partial charge in [0.05, 0.1) is 24.1 Å². The summed E-state index contributed by atoms with van der Waals surface area (Å²) in [6.45, 7) is 2.58. The minimum absolute atomic E-state index is 0.538. The zero-order valence-corrected chi connectivity index (χ0v) is 11.6. The fraction of sp³-hybridized carbons (Fsp3) is 0.167. The van der Waals surface area contributed by atoms with Gasteiger partial charge in [0.2, 0.25) is 0 Å². The molecule has 0 radical (unpaired) electrons. The molecule has 0 amide bonds. The van der Waals surface area contributed by atoms with Gasteiger partial charge in [-0.2, -0.15) is 0 Å². The second kappa shape index (κ2) is 5.47. The van der Waals surface area contributed by atoms with Crippen LogP contribution in [0.25, 0.3) is 0 Å². The van der Waals surface area contributed by atoms with Gasteiger partial charge in [-0.3, -0.25) is 0 Å². The molecular formula is C12H11BrClN3. The van der Waals surface area contributed by atoms with Gasteiger partial charge in [-0.05, 0) is 46.6 Å². The Bertz CT molecular complexity index is 531. The molecule has 0 spiro atoms. The molecule has 0 atom stereocenters. The summed E-state index contributed by atoms with van der Waals surface area (Å²) in [7, 11) is 0. The van der Waals surface area contributed by atoms with Crippen LogP contribution in [0.1, 0.15) is 11.3 Å². The van der Waals surface area contributed by atoms with Gasteiger partial charge in [-0.1, -0.05) is 17.7 Å². The van der Waals surface area contributed by atoms with Crippen LogP contribution >= 0.6 is 27.5 Å². The van der Waals surface area contributed by atoms with Crippen LogP contribution in [-0.4, -0.2) is 9.97 Å². The van der Waals surface area contributed by atoms with Gasteiger partial charge in [-0.15, -0.1) is 0 Å². The molecular weight excluding hydrogens is 302 g/mol. The highest BCUT2D eigenvalue weighted by atomic mass is 79.9. The molecule has 3 nitrogen and oxygen atoms in total. The van der Waals surface area contributed by atoms with Crippen LogP contribution in [0.3, 0.4) is 0 Å². The zero-order chi connectivity index (χ0) is 12.3. The van der Waals surface area contributed by atoms with Crippen molar-refractivity contribution in [2.24, 2.45) is 0 Å². The number of anilines is 1. The van der Waals surface area contributed by atoms with Gasteiger partial charge in [0.1, 0.15) is 9.76 Å². The van der Waals surface area contributed by atoms with E-state index >= 15 is 0 Å². The van der Waals surface area contributed by atoms with Crippen LogP contribution in [0.2, 0.25) is 5.15 Å². The van der Waals surface area contributed by atoms with Crippen molar-refractivity contribution in [3.63, 3.8) is 0 Å². The van der Waals surface area contributed by atoms with Gasteiger partial charge < -0.3 is 5.32 Å². The predicted molar refractivity (Wildman–Crippen MR) is 73.2 cm³/mol. The summed E-state index contributed by atoms with van der Waals surface area (Å²) in [5, 5.41) is 3.79. The number of nitrogens with one attached hydrogen (secondary N) is 1. The molecule has 0 bridgehead atoms. The third-order valence-electron chi connectivity index (χ3n) is 2.26. The van der Waals surface area contributed by atoms with Gasteiger partial charge in [-0.25, -0.2) is 9.97 Å². The first-order chi connectivity index (χ1) is 8.15. The van der Waals surface area contributed by atoms with E-state index < -0.39 is 0 Å². The second-order valence-electron chi connectivity index (χ2n) is 3.64. The van der Waals surface area contributed by atoms with Crippen molar-refractivity contribution < 1.29 is 0 Å². The monoisotopic (exact) mass is 311 g/mol. The number of hydrogen-bond donors (Lipinski definition) is 1. The van der Waals surface area contributed by atoms with Gasteiger partial charge in [0, 0.05) is 0 Å². The Morgan fingerprint density at radius 3 is 2.94 bits per heavy atom. The maximum absolute atomic E-state index is 5.86. The van der Waals surface area contributed by atoms with Crippen molar-refractivity contribution in [3.8, 4) is 0 Å². The molecule has 5 heteroatoms. The van der Waals surface area contributed by atoms with E-state index in [1.807, 2.05) is 31.2 Å². The predicted octanol–water partition coefficient (Wildman–Crippen LogP) is 3.81. The Morgan fingerprint density at radius 2 is 2.24 bits per heavy atom. The molecule has 0 saturated carbocycles. The summed E-state index contributed by atoms with van der Waals surface area (Å²) in [5.41, 5.74) is 2.86. The van der Waals surface area contributed by atoms with E-state index in [-0.39, 0.29) is 0 Å². The van der Waals surface area contributed by atoms with E-state index in [4.69, 9.17) is 11.6 Å².